The molecule has 2 heterocycles. The number of likely N-dealkylation sites (tertiary alicyclic amines) is 1. The summed E-state index contributed by atoms with van der Waals surface area (Å²) in [5.74, 6) is -3.80. The molecule has 1 amide bonds. The lowest BCUT2D eigenvalue weighted by molar-refractivity contribution is -0.101. The zero-order valence-electron chi connectivity index (χ0n) is 14.6. The number of rotatable bonds is 5. The number of carbonyl (C=O) groups is 1. The standard InChI is InChI=1S/C19H20F3N3O2/c20-16-6-4-14(5-7-16)12-27-18(26)25-10-8-15(19(21,22)13-25)11-24-17-3-1-2-9-23-17/h1-7,9,15H,8,10-13H2,(H,23,24). The smallest absolute Gasteiger partial charge is 0.410 e. The van der Waals surface area contributed by atoms with Gasteiger partial charge in [-0.3, -0.25) is 0 Å². The maximum absolute atomic E-state index is 14.4. The van der Waals surface area contributed by atoms with Gasteiger partial charge in [0, 0.05) is 25.2 Å². The van der Waals surface area contributed by atoms with Crippen molar-refractivity contribution in [1.82, 2.24) is 9.88 Å². The van der Waals surface area contributed by atoms with Crippen molar-refractivity contribution in [3.8, 4) is 0 Å². The van der Waals surface area contributed by atoms with Gasteiger partial charge in [0.25, 0.3) is 5.92 Å². The van der Waals surface area contributed by atoms with Crippen LogP contribution in [0.25, 0.3) is 0 Å². The number of piperidine rings is 1. The second kappa shape index (κ2) is 8.28. The average molecular weight is 379 g/mol. The van der Waals surface area contributed by atoms with E-state index in [0.29, 0.717) is 11.4 Å². The van der Waals surface area contributed by atoms with Crippen molar-refractivity contribution in [3.63, 3.8) is 0 Å². The number of ether oxygens (including phenoxy) is 1. The van der Waals surface area contributed by atoms with Crippen LogP contribution in [0.5, 0.6) is 0 Å². The van der Waals surface area contributed by atoms with Crippen LogP contribution in [0.2, 0.25) is 0 Å². The highest BCUT2D eigenvalue weighted by atomic mass is 19.3. The number of amides is 1. The number of hydrogen-bond acceptors (Lipinski definition) is 4. The van der Waals surface area contributed by atoms with Crippen molar-refractivity contribution in [1.29, 1.82) is 0 Å². The molecule has 1 saturated heterocycles. The summed E-state index contributed by atoms with van der Waals surface area (Å²) in [6.45, 7) is -0.523. The van der Waals surface area contributed by atoms with Gasteiger partial charge in [-0.05, 0) is 36.2 Å². The van der Waals surface area contributed by atoms with Crippen molar-refractivity contribution in [2.45, 2.75) is 19.0 Å². The maximum Gasteiger partial charge on any atom is 0.410 e. The molecule has 0 aliphatic carbocycles. The Hall–Kier alpha value is -2.77. The molecule has 3 rings (SSSR count). The number of anilines is 1. The number of pyridine rings is 1. The van der Waals surface area contributed by atoms with E-state index in [1.165, 1.54) is 24.3 Å². The quantitative estimate of drug-likeness (QED) is 0.855. The molecule has 144 valence electrons. The number of alkyl halides is 2. The maximum atomic E-state index is 14.4. The Morgan fingerprint density at radius 3 is 2.70 bits per heavy atom. The van der Waals surface area contributed by atoms with Crippen LogP contribution in [0.1, 0.15) is 12.0 Å². The Kier molecular flexibility index (Phi) is 5.83. The molecule has 8 heteroatoms. The minimum absolute atomic E-state index is 0.0719. The topological polar surface area (TPSA) is 54.5 Å². The highest BCUT2D eigenvalue weighted by molar-refractivity contribution is 5.68. The van der Waals surface area contributed by atoms with Gasteiger partial charge in [0.2, 0.25) is 0 Å². The minimum atomic E-state index is -3.03. The van der Waals surface area contributed by atoms with Crippen LogP contribution >= 0.6 is 0 Å². The lowest BCUT2D eigenvalue weighted by Crippen LogP contribution is -2.52. The summed E-state index contributed by atoms with van der Waals surface area (Å²) >= 11 is 0. The van der Waals surface area contributed by atoms with Gasteiger partial charge in [-0.2, -0.15) is 0 Å². The number of nitrogens with one attached hydrogen (secondary N) is 1. The second-order valence-electron chi connectivity index (χ2n) is 6.45. The molecule has 1 N–H and O–H groups in total. The van der Waals surface area contributed by atoms with Gasteiger partial charge in [-0.1, -0.05) is 18.2 Å². The molecule has 1 unspecified atom stereocenters. The molecule has 0 saturated carbocycles. The first kappa shape index (κ1) is 19.0. The molecule has 0 spiro atoms. The van der Waals surface area contributed by atoms with E-state index in [0.717, 1.165) is 4.90 Å². The van der Waals surface area contributed by atoms with E-state index in [1.807, 2.05) is 0 Å². The normalized spacial score (nSPS) is 18.8. The first-order chi connectivity index (χ1) is 12.9. The van der Waals surface area contributed by atoms with Crippen molar-refractivity contribution >= 4 is 11.9 Å². The summed E-state index contributed by atoms with van der Waals surface area (Å²) in [4.78, 5) is 17.1. The third kappa shape index (κ3) is 5.12. The Labute approximate surface area is 155 Å². The number of nitrogens with zero attached hydrogens (tertiary/aromatic N) is 2. The third-order valence-corrected chi connectivity index (χ3v) is 4.47. The zero-order chi connectivity index (χ0) is 19.3. The summed E-state index contributed by atoms with van der Waals surface area (Å²) in [7, 11) is 0. The van der Waals surface area contributed by atoms with E-state index in [9.17, 15) is 18.0 Å². The predicted molar refractivity (Wildman–Crippen MR) is 93.9 cm³/mol. The van der Waals surface area contributed by atoms with E-state index >= 15 is 0 Å². The first-order valence-corrected chi connectivity index (χ1v) is 8.63. The van der Waals surface area contributed by atoms with Crippen LogP contribution in [-0.2, 0) is 11.3 Å². The second-order valence-corrected chi connectivity index (χ2v) is 6.45. The molecule has 5 nitrogen and oxygen atoms in total. The van der Waals surface area contributed by atoms with Crippen LogP contribution in [0.15, 0.2) is 48.7 Å². The van der Waals surface area contributed by atoms with E-state index in [2.05, 4.69) is 10.3 Å². The van der Waals surface area contributed by atoms with Gasteiger partial charge >= 0.3 is 6.09 Å². The zero-order valence-corrected chi connectivity index (χ0v) is 14.6. The molecule has 27 heavy (non-hydrogen) atoms. The van der Waals surface area contributed by atoms with Crippen LogP contribution in [0.4, 0.5) is 23.8 Å². The van der Waals surface area contributed by atoms with Gasteiger partial charge in [-0.25, -0.2) is 22.9 Å². The average Bonchev–Trinajstić information content (AvgIpc) is 2.66. The van der Waals surface area contributed by atoms with E-state index in [-0.39, 0.29) is 26.1 Å². The number of carbonyl (C=O) groups excluding carboxylic acids is 1. The molecular formula is C19H20F3N3O2. The van der Waals surface area contributed by atoms with Crippen LogP contribution < -0.4 is 5.32 Å². The Morgan fingerprint density at radius 2 is 2.04 bits per heavy atom. The fourth-order valence-corrected chi connectivity index (χ4v) is 2.90. The van der Waals surface area contributed by atoms with Gasteiger partial charge in [0.05, 0.1) is 6.54 Å². The van der Waals surface area contributed by atoms with Crippen molar-refractivity contribution < 1.29 is 22.7 Å². The SMILES string of the molecule is O=C(OCc1ccc(F)cc1)N1CCC(CNc2ccccn2)C(F)(F)C1. The predicted octanol–water partition coefficient (Wildman–Crippen LogP) is 3.93. The summed E-state index contributed by atoms with van der Waals surface area (Å²) < 4.78 is 46.8. The molecule has 1 fully saturated rings. The molecular weight excluding hydrogens is 359 g/mol. The number of hydrogen-bond donors (Lipinski definition) is 1. The molecule has 0 bridgehead atoms. The Bertz CT molecular complexity index is 757. The molecule has 1 aliphatic heterocycles. The van der Waals surface area contributed by atoms with Crippen LogP contribution in [0, 0.1) is 11.7 Å². The molecule has 1 atom stereocenters. The van der Waals surface area contributed by atoms with Crippen LogP contribution in [0.3, 0.4) is 0 Å². The van der Waals surface area contributed by atoms with E-state index < -0.39 is 30.3 Å². The fraction of sp³-hybridized carbons (Fsp3) is 0.368. The molecule has 1 aromatic carbocycles. The van der Waals surface area contributed by atoms with E-state index in [1.54, 1.807) is 24.4 Å². The summed E-state index contributed by atoms with van der Waals surface area (Å²) in [6, 6.07) is 10.7. The van der Waals surface area contributed by atoms with Crippen LogP contribution in [-0.4, -0.2) is 41.5 Å². The molecule has 2 aromatic rings. The Morgan fingerprint density at radius 1 is 1.26 bits per heavy atom. The molecule has 1 aromatic heterocycles. The lowest BCUT2D eigenvalue weighted by atomic mass is 9.93. The van der Waals surface area contributed by atoms with Gasteiger partial charge in [-0.15, -0.1) is 0 Å². The van der Waals surface area contributed by atoms with Gasteiger partial charge in [0.15, 0.2) is 0 Å². The van der Waals surface area contributed by atoms with Crippen molar-refractivity contribution in [3.05, 3.63) is 60.0 Å². The lowest BCUT2D eigenvalue weighted by Gasteiger charge is -2.37. The summed E-state index contributed by atoms with van der Waals surface area (Å²) in [6.07, 6.45) is 0.939. The monoisotopic (exact) mass is 379 g/mol. The summed E-state index contributed by atoms with van der Waals surface area (Å²) in [5, 5.41) is 2.91. The number of aromatic nitrogens is 1. The third-order valence-electron chi connectivity index (χ3n) is 4.47. The van der Waals surface area contributed by atoms with Crippen molar-refractivity contribution in [2.75, 3.05) is 25.0 Å². The summed E-state index contributed by atoms with van der Waals surface area (Å²) in [5.41, 5.74) is 0.589. The molecule has 0 radical (unpaired) electrons. The highest BCUT2D eigenvalue weighted by Crippen LogP contribution is 2.33. The van der Waals surface area contributed by atoms with Gasteiger partial charge in [0.1, 0.15) is 18.2 Å². The first-order valence-electron chi connectivity index (χ1n) is 8.63. The minimum Gasteiger partial charge on any atom is -0.445 e. The van der Waals surface area contributed by atoms with Gasteiger partial charge < -0.3 is 15.0 Å². The Balaban J connectivity index is 1.49. The number of halogens is 3. The van der Waals surface area contributed by atoms with Crippen molar-refractivity contribution in [2.24, 2.45) is 5.92 Å². The largest absolute Gasteiger partial charge is 0.445 e. The number of benzene rings is 1. The highest BCUT2D eigenvalue weighted by Gasteiger charge is 2.46. The fourth-order valence-electron chi connectivity index (χ4n) is 2.90. The molecule has 1 aliphatic rings. The van der Waals surface area contributed by atoms with E-state index in [4.69, 9.17) is 4.74 Å².